The van der Waals surface area contributed by atoms with E-state index in [1.165, 1.54) is 37.0 Å². The van der Waals surface area contributed by atoms with Crippen LogP contribution in [0.15, 0.2) is 12.4 Å². The van der Waals surface area contributed by atoms with Gasteiger partial charge in [-0.2, -0.15) is 0 Å². The van der Waals surface area contributed by atoms with E-state index in [-0.39, 0.29) is 0 Å². The summed E-state index contributed by atoms with van der Waals surface area (Å²) >= 11 is 1.79. The number of hydrogen-bond acceptors (Lipinski definition) is 5. The summed E-state index contributed by atoms with van der Waals surface area (Å²) in [6.07, 6.45) is 8.28. The highest BCUT2D eigenvalue weighted by atomic mass is 32.1. The molecule has 0 radical (unpaired) electrons. The van der Waals surface area contributed by atoms with Crippen molar-refractivity contribution in [1.82, 2.24) is 9.97 Å². The second-order valence-electron chi connectivity index (χ2n) is 4.57. The Morgan fingerprint density at radius 3 is 2.82 bits per heavy atom. The van der Waals surface area contributed by atoms with Crippen molar-refractivity contribution in [2.24, 2.45) is 5.84 Å². The molecule has 3 N–H and O–H groups in total. The van der Waals surface area contributed by atoms with Crippen molar-refractivity contribution in [3.63, 3.8) is 0 Å². The number of nitrogens with one attached hydrogen (secondary N) is 1. The van der Waals surface area contributed by atoms with Crippen molar-refractivity contribution in [3.05, 3.63) is 17.3 Å². The third-order valence-electron chi connectivity index (χ3n) is 3.49. The van der Waals surface area contributed by atoms with Crippen LogP contribution in [0.3, 0.4) is 0 Å². The predicted octanol–water partition coefficient (Wildman–Crippen LogP) is 3.02. The molecule has 0 saturated heterocycles. The third-order valence-corrected chi connectivity index (χ3v) is 4.70. The average Bonchev–Trinajstić information content (AvgIpc) is 2.83. The fourth-order valence-corrected chi connectivity index (χ4v) is 3.75. The predicted molar refractivity (Wildman–Crippen MR) is 71.1 cm³/mol. The maximum Gasteiger partial charge on any atom is 0.152 e. The van der Waals surface area contributed by atoms with Gasteiger partial charge in [-0.05, 0) is 24.8 Å². The molecule has 0 aliphatic heterocycles. The summed E-state index contributed by atoms with van der Waals surface area (Å²) < 4.78 is 0. The second kappa shape index (κ2) is 4.58. The molecule has 17 heavy (non-hydrogen) atoms. The molecule has 1 saturated carbocycles. The number of fused-ring (bicyclic) bond motifs is 1. The van der Waals surface area contributed by atoms with Gasteiger partial charge in [0.15, 0.2) is 5.82 Å². The van der Waals surface area contributed by atoms with Crippen LogP contribution in [0.1, 0.15) is 42.9 Å². The average molecular weight is 248 g/mol. The van der Waals surface area contributed by atoms with E-state index >= 15 is 0 Å². The normalized spacial score (nSPS) is 17.5. The maximum absolute atomic E-state index is 5.47. The molecule has 2 aromatic rings. The summed E-state index contributed by atoms with van der Waals surface area (Å²) in [6.45, 7) is 0. The number of nitrogens with two attached hydrogens (primary N) is 1. The molecule has 0 aromatic carbocycles. The van der Waals surface area contributed by atoms with Crippen LogP contribution in [0.5, 0.6) is 0 Å². The quantitative estimate of drug-likeness (QED) is 0.633. The van der Waals surface area contributed by atoms with Crippen LogP contribution in [-0.4, -0.2) is 9.97 Å². The lowest BCUT2D eigenvalue weighted by molar-refractivity contribution is 0.448. The first-order valence-electron chi connectivity index (χ1n) is 6.09. The summed E-state index contributed by atoms with van der Waals surface area (Å²) in [6, 6.07) is 2.21. The molecule has 0 atom stereocenters. The van der Waals surface area contributed by atoms with E-state index in [9.17, 15) is 0 Å². The van der Waals surface area contributed by atoms with Gasteiger partial charge in [-0.3, -0.25) is 0 Å². The van der Waals surface area contributed by atoms with Crippen LogP contribution in [0.25, 0.3) is 10.2 Å². The highest BCUT2D eigenvalue weighted by Gasteiger charge is 2.19. The number of hydrogen-bond donors (Lipinski definition) is 2. The van der Waals surface area contributed by atoms with Gasteiger partial charge >= 0.3 is 0 Å². The van der Waals surface area contributed by atoms with Gasteiger partial charge in [0.2, 0.25) is 0 Å². The molecule has 3 rings (SSSR count). The Bertz CT molecular complexity index is 516. The molecule has 2 aromatic heterocycles. The van der Waals surface area contributed by atoms with E-state index in [2.05, 4.69) is 21.5 Å². The molecule has 1 aliphatic rings. The van der Waals surface area contributed by atoms with Gasteiger partial charge in [0.05, 0.1) is 5.39 Å². The van der Waals surface area contributed by atoms with Crippen molar-refractivity contribution < 1.29 is 0 Å². The molecule has 0 unspecified atom stereocenters. The molecule has 0 spiro atoms. The number of thiophene rings is 1. The molecule has 5 heteroatoms. The number of rotatable bonds is 2. The summed E-state index contributed by atoms with van der Waals surface area (Å²) in [4.78, 5) is 10.9. The van der Waals surface area contributed by atoms with E-state index in [1.54, 1.807) is 17.7 Å². The van der Waals surface area contributed by atoms with E-state index in [4.69, 9.17) is 5.84 Å². The SMILES string of the molecule is NNc1ncnc2sc(C3CCCCC3)cc12. The van der Waals surface area contributed by atoms with Gasteiger partial charge in [0, 0.05) is 4.88 Å². The van der Waals surface area contributed by atoms with Crippen molar-refractivity contribution in [3.8, 4) is 0 Å². The summed E-state index contributed by atoms with van der Waals surface area (Å²) in [5.74, 6) is 6.91. The van der Waals surface area contributed by atoms with E-state index in [0.29, 0.717) is 5.92 Å². The Morgan fingerprint density at radius 2 is 2.06 bits per heavy atom. The molecule has 0 bridgehead atoms. The highest BCUT2D eigenvalue weighted by Crippen LogP contribution is 2.39. The lowest BCUT2D eigenvalue weighted by Gasteiger charge is -2.19. The first kappa shape index (κ1) is 10.9. The Morgan fingerprint density at radius 1 is 1.24 bits per heavy atom. The molecule has 4 nitrogen and oxygen atoms in total. The molecule has 0 amide bonds. The van der Waals surface area contributed by atoms with Gasteiger partial charge in [0.1, 0.15) is 11.2 Å². The third kappa shape index (κ3) is 2.00. The smallest absolute Gasteiger partial charge is 0.152 e. The zero-order chi connectivity index (χ0) is 11.7. The van der Waals surface area contributed by atoms with Crippen molar-refractivity contribution in [1.29, 1.82) is 0 Å². The minimum Gasteiger partial charge on any atom is -0.308 e. The van der Waals surface area contributed by atoms with Crippen LogP contribution < -0.4 is 11.3 Å². The monoisotopic (exact) mass is 248 g/mol. The number of anilines is 1. The Kier molecular flexibility index (Phi) is 2.94. The standard InChI is InChI=1S/C12H16N4S/c13-16-11-9-6-10(8-4-2-1-3-5-8)17-12(9)15-7-14-11/h6-8H,1-5,13H2,(H,14,15,16). The minimum absolute atomic E-state index is 0.716. The summed E-state index contributed by atoms with van der Waals surface area (Å²) in [5, 5.41) is 1.06. The van der Waals surface area contributed by atoms with Crippen LogP contribution in [-0.2, 0) is 0 Å². The first-order chi connectivity index (χ1) is 8.38. The number of aromatic nitrogens is 2. The maximum atomic E-state index is 5.47. The molecule has 2 heterocycles. The number of nitrogen functional groups attached to an aromatic ring is 1. The first-order valence-corrected chi connectivity index (χ1v) is 6.91. The summed E-state index contributed by atoms with van der Waals surface area (Å²) in [7, 11) is 0. The van der Waals surface area contributed by atoms with Gasteiger partial charge in [-0.15, -0.1) is 11.3 Å². The molecular formula is C12H16N4S. The molecular weight excluding hydrogens is 232 g/mol. The Labute approximate surface area is 104 Å². The second-order valence-corrected chi connectivity index (χ2v) is 5.63. The highest BCUT2D eigenvalue weighted by molar-refractivity contribution is 7.18. The van der Waals surface area contributed by atoms with Gasteiger partial charge in [-0.1, -0.05) is 19.3 Å². The molecule has 1 fully saturated rings. The van der Waals surface area contributed by atoms with E-state index in [1.807, 2.05) is 0 Å². The molecule has 1 aliphatic carbocycles. The fraction of sp³-hybridized carbons (Fsp3) is 0.500. The van der Waals surface area contributed by atoms with Crippen LogP contribution >= 0.6 is 11.3 Å². The minimum atomic E-state index is 0.716. The molecule has 90 valence electrons. The zero-order valence-electron chi connectivity index (χ0n) is 9.65. The zero-order valence-corrected chi connectivity index (χ0v) is 10.5. The lowest BCUT2D eigenvalue weighted by Crippen LogP contribution is -2.08. The fourth-order valence-electron chi connectivity index (χ4n) is 2.58. The van der Waals surface area contributed by atoms with E-state index < -0.39 is 0 Å². The Hall–Kier alpha value is -1.20. The number of nitrogens with zero attached hydrogens (tertiary/aromatic N) is 2. The van der Waals surface area contributed by atoms with Crippen molar-refractivity contribution >= 4 is 27.4 Å². The summed E-state index contributed by atoms with van der Waals surface area (Å²) in [5.41, 5.74) is 2.64. The van der Waals surface area contributed by atoms with Gasteiger partial charge in [0.25, 0.3) is 0 Å². The Balaban J connectivity index is 2.00. The van der Waals surface area contributed by atoms with Crippen LogP contribution in [0, 0.1) is 0 Å². The van der Waals surface area contributed by atoms with Gasteiger partial charge in [-0.25, -0.2) is 15.8 Å². The van der Waals surface area contributed by atoms with Crippen LogP contribution in [0.2, 0.25) is 0 Å². The van der Waals surface area contributed by atoms with Gasteiger partial charge < -0.3 is 5.43 Å². The number of hydrazine groups is 1. The largest absolute Gasteiger partial charge is 0.308 e. The van der Waals surface area contributed by atoms with Crippen LogP contribution in [0.4, 0.5) is 5.82 Å². The van der Waals surface area contributed by atoms with E-state index in [0.717, 1.165) is 16.0 Å². The topological polar surface area (TPSA) is 63.8 Å². The lowest BCUT2D eigenvalue weighted by atomic mass is 9.88. The van der Waals surface area contributed by atoms with Crippen molar-refractivity contribution in [2.45, 2.75) is 38.0 Å². The van der Waals surface area contributed by atoms with Crippen molar-refractivity contribution in [2.75, 3.05) is 5.43 Å².